The number of benzene rings is 2. The van der Waals surface area contributed by atoms with Gasteiger partial charge < -0.3 is 4.98 Å². The number of anilines is 1. The molecule has 0 aliphatic heterocycles. The highest BCUT2D eigenvalue weighted by atomic mass is 32.2. The Kier molecular flexibility index (Phi) is 5.75. The summed E-state index contributed by atoms with van der Waals surface area (Å²) in [6.07, 6.45) is 1.26. The smallest absolute Gasteiger partial charge is 0.275 e. The third kappa shape index (κ3) is 4.24. The maximum atomic E-state index is 12.6. The molecule has 2 amide bonds. The van der Waals surface area contributed by atoms with Crippen LogP contribution < -0.4 is 21.0 Å². The number of H-pyrrole nitrogens is 1. The average molecular weight is 469 g/mol. The molecular formula is C21H16N4O5S2. The van der Waals surface area contributed by atoms with Crippen molar-refractivity contribution < 1.29 is 18.0 Å². The number of aromatic amines is 1. The molecule has 2 aromatic carbocycles. The first-order valence-electron chi connectivity index (χ1n) is 9.23. The van der Waals surface area contributed by atoms with Crippen LogP contribution in [0.1, 0.15) is 20.7 Å². The Balaban J connectivity index is 1.51. The number of hydrazine groups is 1. The molecule has 4 N–H and O–H groups in total. The fourth-order valence-electron chi connectivity index (χ4n) is 2.97. The fourth-order valence-corrected chi connectivity index (χ4v) is 5.04. The van der Waals surface area contributed by atoms with E-state index < -0.39 is 27.3 Å². The van der Waals surface area contributed by atoms with E-state index in [-0.39, 0.29) is 21.0 Å². The van der Waals surface area contributed by atoms with Crippen LogP contribution in [0.25, 0.3) is 10.9 Å². The maximum Gasteiger partial charge on any atom is 0.275 e. The van der Waals surface area contributed by atoms with Gasteiger partial charge in [-0.2, -0.15) is 0 Å². The molecule has 0 atom stereocenters. The second-order valence-corrected chi connectivity index (χ2v) is 9.43. The molecule has 0 radical (unpaired) electrons. The van der Waals surface area contributed by atoms with Crippen LogP contribution >= 0.6 is 11.3 Å². The lowest BCUT2D eigenvalue weighted by molar-refractivity contribution is 0.0846. The quantitative estimate of drug-likeness (QED) is 0.334. The zero-order chi connectivity index (χ0) is 22.7. The van der Waals surface area contributed by atoms with Crippen molar-refractivity contribution in [2.24, 2.45) is 0 Å². The predicted molar refractivity (Wildman–Crippen MR) is 121 cm³/mol. The molecule has 11 heteroatoms. The molecule has 4 rings (SSSR count). The largest absolute Gasteiger partial charge is 0.360 e. The molecule has 0 spiro atoms. The molecule has 2 heterocycles. The van der Waals surface area contributed by atoms with Crippen molar-refractivity contribution >= 4 is 49.8 Å². The van der Waals surface area contributed by atoms with Gasteiger partial charge in [-0.1, -0.05) is 30.3 Å². The highest BCUT2D eigenvalue weighted by Crippen LogP contribution is 2.22. The molecule has 0 aliphatic carbocycles. The summed E-state index contributed by atoms with van der Waals surface area (Å²) in [7, 11) is -3.87. The molecule has 162 valence electrons. The van der Waals surface area contributed by atoms with Crippen molar-refractivity contribution in [3.05, 3.63) is 93.6 Å². The van der Waals surface area contributed by atoms with E-state index in [2.05, 4.69) is 20.6 Å². The number of nitrogens with one attached hydrogen (secondary N) is 4. The van der Waals surface area contributed by atoms with Crippen molar-refractivity contribution in [1.82, 2.24) is 15.8 Å². The topological polar surface area (TPSA) is 137 Å². The van der Waals surface area contributed by atoms with Gasteiger partial charge in [0.1, 0.15) is 9.77 Å². The third-order valence-corrected chi connectivity index (χ3v) is 7.26. The number of pyridine rings is 1. The summed E-state index contributed by atoms with van der Waals surface area (Å²) >= 11 is 1.04. The zero-order valence-electron chi connectivity index (χ0n) is 16.3. The number of thiophene rings is 1. The Morgan fingerprint density at radius 3 is 2.28 bits per heavy atom. The lowest BCUT2D eigenvalue weighted by atomic mass is 10.1. The van der Waals surface area contributed by atoms with Gasteiger partial charge in [0.15, 0.2) is 0 Å². The van der Waals surface area contributed by atoms with Crippen LogP contribution in [0, 0.1) is 0 Å². The third-order valence-electron chi connectivity index (χ3n) is 4.50. The zero-order valence-corrected chi connectivity index (χ0v) is 17.9. The molecule has 0 fully saturated rings. The summed E-state index contributed by atoms with van der Waals surface area (Å²) in [6, 6.07) is 15.7. The minimum absolute atomic E-state index is 0.0136. The molecular weight excluding hydrogens is 452 g/mol. The molecule has 32 heavy (non-hydrogen) atoms. The van der Waals surface area contributed by atoms with Crippen LogP contribution in [-0.4, -0.2) is 25.2 Å². The Labute approximate surface area is 186 Å². The highest BCUT2D eigenvalue weighted by molar-refractivity contribution is 7.94. The lowest BCUT2D eigenvalue weighted by Crippen LogP contribution is -2.43. The number of aromatic nitrogens is 1. The Morgan fingerprint density at radius 1 is 0.844 bits per heavy atom. The summed E-state index contributed by atoms with van der Waals surface area (Å²) in [5, 5.41) is 1.96. The standard InChI is InChI=1S/C21H16N4O5S2/c26-19-13-6-1-3-8-16(13)22-12-15(19)21(28)24-23-20(27)14-7-2-4-9-17(14)25-32(29,30)18-10-5-11-31-18/h1-12,25H,(H,22,26)(H,23,27)(H,24,28). The number of sulfonamides is 1. The number of fused-ring (bicyclic) bond motifs is 1. The van der Waals surface area contributed by atoms with Gasteiger partial charge in [-0.25, -0.2) is 8.42 Å². The van der Waals surface area contributed by atoms with E-state index in [1.54, 1.807) is 47.8 Å². The lowest BCUT2D eigenvalue weighted by Gasteiger charge is -2.12. The Bertz CT molecular complexity index is 1480. The molecule has 0 bridgehead atoms. The van der Waals surface area contributed by atoms with Crippen molar-refractivity contribution in [2.75, 3.05) is 4.72 Å². The Morgan fingerprint density at radius 2 is 1.53 bits per heavy atom. The number of carbonyl (C=O) groups is 2. The van der Waals surface area contributed by atoms with Gasteiger partial charge in [0.05, 0.1) is 11.3 Å². The van der Waals surface area contributed by atoms with Gasteiger partial charge in [-0.05, 0) is 35.7 Å². The summed E-state index contributed by atoms with van der Waals surface area (Å²) in [5.74, 6) is -1.58. The first-order chi connectivity index (χ1) is 15.4. The molecule has 4 aromatic rings. The number of amides is 2. The van der Waals surface area contributed by atoms with Crippen molar-refractivity contribution in [2.45, 2.75) is 4.21 Å². The molecule has 0 saturated carbocycles. The van der Waals surface area contributed by atoms with Crippen LogP contribution in [0.4, 0.5) is 5.69 Å². The van der Waals surface area contributed by atoms with Gasteiger partial charge in [0, 0.05) is 17.1 Å². The monoisotopic (exact) mass is 468 g/mol. The van der Waals surface area contributed by atoms with Crippen molar-refractivity contribution in [3.63, 3.8) is 0 Å². The van der Waals surface area contributed by atoms with Gasteiger partial charge in [0.2, 0.25) is 5.43 Å². The molecule has 0 aliphatic rings. The van der Waals surface area contributed by atoms with Gasteiger partial charge in [-0.3, -0.25) is 30.0 Å². The van der Waals surface area contributed by atoms with E-state index in [4.69, 9.17) is 0 Å². The van der Waals surface area contributed by atoms with Crippen molar-refractivity contribution in [1.29, 1.82) is 0 Å². The van der Waals surface area contributed by atoms with E-state index in [1.807, 2.05) is 0 Å². The van der Waals surface area contributed by atoms with Gasteiger partial charge in [0.25, 0.3) is 21.8 Å². The SMILES string of the molecule is O=C(NNC(=O)c1c[nH]c2ccccc2c1=O)c1ccccc1NS(=O)(=O)c1cccs1. The number of rotatable bonds is 5. The molecule has 2 aromatic heterocycles. The normalized spacial score (nSPS) is 11.1. The second kappa shape index (κ2) is 8.65. The van der Waals surface area contributed by atoms with Gasteiger partial charge >= 0.3 is 0 Å². The van der Waals surface area contributed by atoms with E-state index in [9.17, 15) is 22.8 Å². The van der Waals surface area contributed by atoms with Crippen LogP contribution in [0.15, 0.2) is 81.2 Å². The fraction of sp³-hybridized carbons (Fsp3) is 0. The molecule has 0 unspecified atom stereocenters. The van der Waals surface area contributed by atoms with Crippen LogP contribution in [0.5, 0.6) is 0 Å². The predicted octanol–water partition coefficient (Wildman–Crippen LogP) is 2.47. The van der Waals surface area contributed by atoms with Crippen LogP contribution in [-0.2, 0) is 10.0 Å². The van der Waals surface area contributed by atoms with E-state index >= 15 is 0 Å². The number of carbonyl (C=O) groups excluding carboxylic acids is 2. The summed E-state index contributed by atoms with van der Waals surface area (Å²) in [4.78, 5) is 40.5. The highest BCUT2D eigenvalue weighted by Gasteiger charge is 2.20. The van der Waals surface area contributed by atoms with Crippen LogP contribution in [0.3, 0.4) is 0 Å². The minimum atomic E-state index is -3.87. The van der Waals surface area contributed by atoms with E-state index in [1.165, 1.54) is 24.4 Å². The number of hydrogen-bond acceptors (Lipinski definition) is 6. The minimum Gasteiger partial charge on any atom is -0.360 e. The van der Waals surface area contributed by atoms with Crippen molar-refractivity contribution in [3.8, 4) is 0 Å². The summed E-state index contributed by atoms with van der Waals surface area (Å²) in [5.41, 5.74) is 4.32. The summed E-state index contributed by atoms with van der Waals surface area (Å²) in [6.45, 7) is 0. The number of para-hydroxylation sites is 2. The number of hydrogen-bond donors (Lipinski definition) is 4. The van der Waals surface area contributed by atoms with E-state index in [0.717, 1.165) is 11.3 Å². The van der Waals surface area contributed by atoms with E-state index in [0.29, 0.717) is 10.9 Å². The average Bonchev–Trinajstić information content (AvgIpc) is 3.34. The summed E-state index contributed by atoms with van der Waals surface area (Å²) < 4.78 is 27.5. The molecule has 0 saturated heterocycles. The Hall–Kier alpha value is -3.96. The second-order valence-electron chi connectivity index (χ2n) is 6.57. The first kappa shape index (κ1) is 21.3. The first-order valence-corrected chi connectivity index (χ1v) is 11.6. The molecule has 9 nitrogen and oxygen atoms in total. The van der Waals surface area contributed by atoms with Crippen LogP contribution in [0.2, 0.25) is 0 Å². The maximum absolute atomic E-state index is 12.6. The van der Waals surface area contributed by atoms with Gasteiger partial charge in [-0.15, -0.1) is 11.3 Å².